The van der Waals surface area contributed by atoms with E-state index in [1.807, 2.05) is 53.4 Å². The van der Waals surface area contributed by atoms with E-state index in [2.05, 4.69) is 35.3 Å². The molecule has 0 N–H and O–H groups in total. The zero-order valence-electron chi connectivity index (χ0n) is 18.2. The second-order valence-electron chi connectivity index (χ2n) is 8.67. The molecule has 0 unspecified atom stereocenters. The molecule has 3 aromatic rings. The lowest BCUT2D eigenvalue weighted by atomic mass is 9.81. The summed E-state index contributed by atoms with van der Waals surface area (Å²) in [5, 5.41) is 0. The van der Waals surface area contributed by atoms with Gasteiger partial charge in [-0.1, -0.05) is 54.6 Å². The van der Waals surface area contributed by atoms with Crippen LogP contribution in [-0.4, -0.2) is 28.4 Å². The third kappa shape index (κ3) is 4.45. The van der Waals surface area contributed by atoms with Gasteiger partial charge in [-0.3, -0.25) is 9.78 Å². The van der Waals surface area contributed by atoms with E-state index in [4.69, 9.17) is 4.74 Å². The number of hydrogen-bond acceptors (Lipinski definition) is 3. The normalized spacial score (nSPS) is 19.9. The minimum atomic E-state index is 0.0633. The van der Waals surface area contributed by atoms with Crippen molar-refractivity contribution in [2.45, 2.75) is 44.2 Å². The first kappa shape index (κ1) is 20.5. The maximum atomic E-state index is 13.7. The van der Waals surface area contributed by atoms with Gasteiger partial charge in [0.25, 0.3) is 5.91 Å². The maximum absolute atomic E-state index is 13.7. The lowest BCUT2D eigenvalue weighted by Crippen LogP contribution is -2.43. The van der Waals surface area contributed by atoms with E-state index in [9.17, 15) is 4.79 Å². The van der Waals surface area contributed by atoms with E-state index >= 15 is 0 Å². The lowest BCUT2D eigenvalue weighted by molar-refractivity contribution is -0.131. The summed E-state index contributed by atoms with van der Waals surface area (Å²) < 4.78 is 5.89. The molecule has 1 aliphatic heterocycles. The molecule has 1 aromatic heterocycles. The van der Waals surface area contributed by atoms with E-state index in [1.54, 1.807) is 6.20 Å². The number of para-hydroxylation sites is 1. The fourth-order valence-corrected chi connectivity index (χ4v) is 4.90. The van der Waals surface area contributed by atoms with Crippen molar-refractivity contribution in [3.05, 3.63) is 101 Å². The Labute approximate surface area is 189 Å². The van der Waals surface area contributed by atoms with Crippen LogP contribution in [0.3, 0.4) is 0 Å². The molecule has 0 bridgehead atoms. The van der Waals surface area contributed by atoms with Crippen LogP contribution in [0.4, 0.5) is 0 Å². The third-order valence-corrected chi connectivity index (χ3v) is 6.63. The Kier molecular flexibility index (Phi) is 6.02. The lowest BCUT2D eigenvalue weighted by Gasteiger charge is -2.38. The first-order valence-corrected chi connectivity index (χ1v) is 11.5. The zero-order chi connectivity index (χ0) is 21.8. The molecule has 1 saturated carbocycles. The van der Waals surface area contributed by atoms with Gasteiger partial charge in [0.15, 0.2) is 0 Å². The summed E-state index contributed by atoms with van der Waals surface area (Å²) >= 11 is 0. The van der Waals surface area contributed by atoms with Crippen molar-refractivity contribution >= 4 is 12.0 Å². The quantitative estimate of drug-likeness (QED) is 0.534. The van der Waals surface area contributed by atoms with Crippen molar-refractivity contribution in [2.24, 2.45) is 0 Å². The Morgan fingerprint density at radius 1 is 0.906 bits per heavy atom. The number of pyridine rings is 1. The van der Waals surface area contributed by atoms with Gasteiger partial charge in [0.2, 0.25) is 0 Å². The van der Waals surface area contributed by atoms with Gasteiger partial charge in [-0.2, -0.15) is 0 Å². The largest absolute Gasteiger partial charge is 0.488 e. The fraction of sp³-hybridized carbons (Fsp3) is 0.286. The molecule has 1 aliphatic carbocycles. The number of benzene rings is 2. The molecule has 2 heterocycles. The first-order valence-electron chi connectivity index (χ1n) is 11.5. The predicted molar refractivity (Wildman–Crippen MR) is 126 cm³/mol. The van der Waals surface area contributed by atoms with Gasteiger partial charge >= 0.3 is 0 Å². The summed E-state index contributed by atoms with van der Waals surface area (Å²) in [5.41, 5.74) is 4.01. The van der Waals surface area contributed by atoms with Crippen molar-refractivity contribution < 1.29 is 9.53 Å². The first-order chi connectivity index (χ1) is 15.8. The molecule has 1 fully saturated rings. The van der Waals surface area contributed by atoms with E-state index in [0.717, 1.165) is 42.7 Å². The summed E-state index contributed by atoms with van der Waals surface area (Å²) in [6, 6.07) is 24.7. The number of amides is 1. The van der Waals surface area contributed by atoms with Crippen molar-refractivity contribution in [2.75, 3.05) is 6.61 Å². The minimum Gasteiger partial charge on any atom is -0.488 e. The number of fused-ring (bicyclic) bond motifs is 1. The third-order valence-electron chi connectivity index (χ3n) is 6.63. The fourth-order valence-electron chi connectivity index (χ4n) is 4.90. The molecule has 2 aromatic carbocycles. The van der Waals surface area contributed by atoms with E-state index in [1.165, 1.54) is 5.56 Å². The number of ether oxygens (including phenoxy) is 1. The standard InChI is InChI=1S/C28H28N2O2/c31-28(24-18-23-10-4-5-12-27(23)32-20-24)30(19-25-11-6-7-17-29-25)26-15-13-22(14-16-26)21-8-2-1-3-9-21/h1-12,17-18,22,26H,13-16,19-20H2. The molecule has 4 nitrogen and oxygen atoms in total. The van der Waals surface area contributed by atoms with E-state index in [-0.39, 0.29) is 11.9 Å². The van der Waals surface area contributed by atoms with Crippen LogP contribution in [0.1, 0.15) is 48.4 Å². The van der Waals surface area contributed by atoms with Crippen molar-refractivity contribution in [1.82, 2.24) is 9.88 Å². The van der Waals surface area contributed by atoms with Crippen LogP contribution in [0.2, 0.25) is 0 Å². The van der Waals surface area contributed by atoms with Gasteiger partial charge < -0.3 is 9.64 Å². The minimum absolute atomic E-state index is 0.0633. The summed E-state index contributed by atoms with van der Waals surface area (Å²) in [4.78, 5) is 20.2. The Balaban J connectivity index is 1.37. The average molecular weight is 425 g/mol. The topological polar surface area (TPSA) is 42.4 Å². The van der Waals surface area contributed by atoms with Crippen LogP contribution in [0.15, 0.2) is 84.6 Å². The highest BCUT2D eigenvalue weighted by Gasteiger charge is 2.32. The molecule has 0 saturated heterocycles. The Morgan fingerprint density at radius 3 is 2.44 bits per heavy atom. The predicted octanol–water partition coefficient (Wildman–Crippen LogP) is 5.61. The summed E-state index contributed by atoms with van der Waals surface area (Å²) in [5.74, 6) is 1.47. The van der Waals surface area contributed by atoms with Gasteiger partial charge in [0, 0.05) is 17.8 Å². The molecule has 2 aliphatic rings. The number of aromatic nitrogens is 1. The molecule has 0 atom stereocenters. The Bertz CT molecular complexity index is 1090. The molecular weight excluding hydrogens is 396 g/mol. The smallest absolute Gasteiger partial charge is 0.253 e. The number of hydrogen-bond donors (Lipinski definition) is 0. The highest BCUT2D eigenvalue weighted by molar-refractivity contribution is 5.99. The molecule has 162 valence electrons. The highest BCUT2D eigenvalue weighted by Crippen LogP contribution is 2.36. The average Bonchev–Trinajstić information content (AvgIpc) is 2.88. The number of carbonyl (C=O) groups excluding carboxylic acids is 1. The van der Waals surface area contributed by atoms with Crippen molar-refractivity contribution in [1.29, 1.82) is 0 Å². The SMILES string of the molecule is O=C(C1=Cc2ccccc2OC1)N(Cc1ccccn1)C1CCC(c2ccccc2)CC1. The van der Waals surface area contributed by atoms with Gasteiger partial charge in [0.05, 0.1) is 17.8 Å². The molecule has 4 heteroatoms. The number of nitrogens with zero attached hydrogens (tertiary/aromatic N) is 2. The number of rotatable bonds is 5. The van der Waals surface area contributed by atoms with Gasteiger partial charge in [0.1, 0.15) is 12.4 Å². The van der Waals surface area contributed by atoms with Crippen LogP contribution >= 0.6 is 0 Å². The van der Waals surface area contributed by atoms with Crippen molar-refractivity contribution in [3.8, 4) is 5.75 Å². The van der Waals surface area contributed by atoms with E-state index in [0.29, 0.717) is 24.6 Å². The molecule has 0 radical (unpaired) electrons. The molecular formula is C28H28N2O2. The summed E-state index contributed by atoms with van der Waals surface area (Å²) in [6.45, 7) is 0.841. The van der Waals surface area contributed by atoms with Crippen LogP contribution < -0.4 is 4.74 Å². The van der Waals surface area contributed by atoms with Gasteiger partial charge in [-0.25, -0.2) is 0 Å². The molecule has 32 heavy (non-hydrogen) atoms. The second-order valence-corrected chi connectivity index (χ2v) is 8.67. The monoisotopic (exact) mass is 424 g/mol. The second kappa shape index (κ2) is 9.39. The molecule has 5 rings (SSSR count). The van der Waals surface area contributed by atoms with Crippen LogP contribution in [0, 0.1) is 0 Å². The molecule has 0 spiro atoms. The summed E-state index contributed by atoms with van der Waals surface area (Å²) in [6.07, 6.45) is 7.98. The van der Waals surface area contributed by atoms with Gasteiger partial charge in [-0.05, 0) is 61.4 Å². The van der Waals surface area contributed by atoms with Gasteiger partial charge in [-0.15, -0.1) is 0 Å². The Hall–Kier alpha value is -3.40. The Morgan fingerprint density at radius 2 is 1.66 bits per heavy atom. The van der Waals surface area contributed by atoms with Crippen LogP contribution in [0.25, 0.3) is 6.08 Å². The van der Waals surface area contributed by atoms with Crippen LogP contribution in [0.5, 0.6) is 5.75 Å². The summed E-state index contributed by atoms with van der Waals surface area (Å²) in [7, 11) is 0. The zero-order valence-corrected chi connectivity index (χ0v) is 18.2. The maximum Gasteiger partial charge on any atom is 0.253 e. The van der Waals surface area contributed by atoms with E-state index < -0.39 is 0 Å². The molecule has 1 amide bonds. The van der Waals surface area contributed by atoms with Crippen LogP contribution in [-0.2, 0) is 11.3 Å². The van der Waals surface area contributed by atoms with Crippen molar-refractivity contribution in [3.63, 3.8) is 0 Å². The number of carbonyl (C=O) groups is 1. The highest BCUT2D eigenvalue weighted by atomic mass is 16.5.